The SMILES string of the molecule is CC1CCCC(C)(C)[C@H]1CCC=O. The lowest BCUT2D eigenvalue weighted by atomic mass is 9.63. The van der Waals surface area contributed by atoms with Gasteiger partial charge in [-0.25, -0.2) is 0 Å². The minimum atomic E-state index is 0.459. The van der Waals surface area contributed by atoms with Gasteiger partial charge in [-0.05, 0) is 30.1 Å². The maximum absolute atomic E-state index is 10.4. The van der Waals surface area contributed by atoms with E-state index in [1.54, 1.807) is 0 Å². The zero-order chi connectivity index (χ0) is 9.90. The number of rotatable bonds is 3. The van der Waals surface area contributed by atoms with Gasteiger partial charge in [-0.3, -0.25) is 0 Å². The molecule has 76 valence electrons. The Hall–Kier alpha value is -0.330. The molecule has 2 atom stereocenters. The van der Waals surface area contributed by atoms with Gasteiger partial charge < -0.3 is 4.79 Å². The lowest BCUT2D eigenvalue weighted by Gasteiger charge is -2.43. The van der Waals surface area contributed by atoms with Gasteiger partial charge >= 0.3 is 0 Å². The van der Waals surface area contributed by atoms with Gasteiger partial charge in [-0.2, -0.15) is 0 Å². The Morgan fingerprint density at radius 1 is 1.46 bits per heavy atom. The average molecular weight is 182 g/mol. The zero-order valence-electron chi connectivity index (χ0n) is 9.18. The molecule has 0 N–H and O–H groups in total. The maximum atomic E-state index is 10.4. The van der Waals surface area contributed by atoms with Gasteiger partial charge in [0.15, 0.2) is 0 Å². The summed E-state index contributed by atoms with van der Waals surface area (Å²) in [7, 11) is 0. The van der Waals surface area contributed by atoms with Gasteiger partial charge in [0, 0.05) is 6.42 Å². The molecule has 0 saturated heterocycles. The first kappa shape index (κ1) is 10.7. The molecule has 1 fully saturated rings. The third kappa shape index (κ3) is 2.55. The van der Waals surface area contributed by atoms with Crippen molar-refractivity contribution in [2.24, 2.45) is 17.3 Å². The van der Waals surface area contributed by atoms with Crippen LogP contribution in [0.25, 0.3) is 0 Å². The van der Waals surface area contributed by atoms with Crippen LogP contribution in [0.2, 0.25) is 0 Å². The second-order valence-electron chi connectivity index (χ2n) is 5.21. The number of carbonyl (C=O) groups excluding carboxylic acids is 1. The maximum Gasteiger partial charge on any atom is 0.120 e. The van der Waals surface area contributed by atoms with E-state index in [0.29, 0.717) is 5.41 Å². The lowest BCUT2D eigenvalue weighted by Crippen LogP contribution is -2.33. The Kier molecular flexibility index (Phi) is 3.52. The summed E-state index contributed by atoms with van der Waals surface area (Å²) in [6.07, 6.45) is 6.97. The smallest absolute Gasteiger partial charge is 0.120 e. The summed E-state index contributed by atoms with van der Waals surface area (Å²) in [5.41, 5.74) is 0.459. The molecule has 0 radical (unpaired) electrons. The predicted molar refractivity (Wildman–Crippen MR) is 55.6 cm³/mol. The Bertz CT molecular complexity index is 172. The van der Waals surface area contributed by atoms with Gasteiger partial charge in [0.25, 0.3) is 0 Å². The Balaban J connectivity index is 2.57. The highest BCUT2D eigenvalue weighted by Crippen LogP contribution is 2.45. The average Bonchev–Trinajstić information content (AvgIpc) is 2.02. The molecule has 1 saturated carbocycles. The summed E-state index contributed by atoms with van der Waals surface area (Å²) < 4.78 is 0. The highest BCUT2D eigenvalue weighted by Gasteiger charge is 2.35. The van der Waals surface area contributed by atoms with E-state index >= 15 is 0 Å². The minimum absolute atomic E-state index is 0.459. The van der Waals surface area contributed by atoms with Crippen LogP contribution in [0, 0.1) is 17.3 Å². The van der Waals surface area contributed by atoms with Crippen LogP contribution < -0.4 is 0 Å². The molecule has 0 aromatic rings. The summed E-state index contributed by atoms with van der Waals surface area (Å²) in [5.74, 6) is 1.56. The van der Waals surface area contributed by atoms with E-state index in [9.17, 15) is 4.79 Å². The monoisotopic (exact) mass is 182 g/mol. The number of carbonyl (C=O) groups is 1. The summed E-state index contributed by atoms with van der Waals surface area (Å²) >= 11 is 0. The quantitative estimate of drug-likeness (QED) is 0.611. The van der Waals surface area contributed by atoms with Crippen LogP contribution in [-0.4, -0.2) is 6.29 Å². The largest absolute Gasteiger partial charge is 0.303 e. The molecule has 1 rings (SSSR count). The molecule has 0 aliphatic heterocycles. The molecule has 0 amide bonds. The van der Waals surface area contributed by atoms with Crippen LogP contribution in [0.3, 0.4) is 0 Å². The van der Waals surface area contributed by atoms with Crippen molar-refractivity contribution >= 4 is 6.29 Å². The van der Waals surface area contributed by atoms with E-state index in [4.69, 9.17) is 0 Å². The van der Waals surface area contributed by atoms with E-state index in [0.717, 1.165) is 31.0 Å². The van der Waals surface area contributed by atoms with Crippen LogP contribution in [0.15, 0.2) is 0 Å². The molecular formula is C12H22O. The van der Waals surface area contributed by atoms with Crippen molar-refractivity contribution in [2.75, 3.05) is 0 Å². The molecule has 1 nitrogen and oxygen atoms in total. The Morgan fingerprint density at radius 3 is 2.69 bits per heavy atom. The molecule has 0 aromatic heterocycles. The normalized spacial score (nSPS) is 32.8. The van der Waals surface area contributed by atoms with Crippen molar-refractivity contribution in [1.29, 1.82) is 0 Å². The molecule has 0 bridgehead atoms. The van der Waals surface area contributed by atoms with E-state index in [-0.39, 0.29) is 0 Å². The molecule has 13 heavy (non-hydrogen) atoms. The van der Waals surface area contributed by atoms with Crippen LogP contribution >= 0.6 is 0 Å². The third-order valence-electron chi connectivity index (χ3n) is 3.77. The van der Waals surface area contributed by atoms with Crippen molar-refractivity contribution in [3.63, 3.8) is 0 Å². The van der Waals surface area contributed by atoms with Crippen molar-refractivity contribution < 1.29 is 4.79 Å². The standard InChI is InChI=1S/C12H22O/c1-10-6-4-8-12(2,3)11(10)7-5-9-13/h9-11H,4-8H2,1-3H3/t10?,11-/m0/s1. The van der Waals surface area contributed by atoms with Crippen molar-refractivity contribution in [2.45, 2.75) is 52.9 Å². The number of aldehydes is 1. The van der Waals surface area contributed by atoms with E-state index < -0.39 is 0 Å². The predicted octanol–water partition coefficient (Wildman–Crippen LogP) is 3.43. The zero-order valence-corrected chi connectivity index (χ0v) is 9.18. The van der Waals surface area contributed by atoms with Gasteiger partial charge in [0.2, 0.25) is 0 Å². The molecule has 1 aliphatic carbocycles. The van der Waals surface area contributed by atoms with Gasteiger partial charge in [0.05, 0.1) is 0 Å². The highest BCUT2D eigenvalue weighted by atomic mass is 16.1. The minimum Gasteiger partial charge on any atom is -0.303 e. The van der Waals surface area contributed by atoms with E-state index in [2.05, 4.69) is 20.8 Å². The van der Waals surface area contributed by atoms with Crippen LogP contribution in [-0.2, 0) is 4.79 Å². The topological polar surface area (TPSA) is 17.1 Å². The number of hydrogen-bond acceptors (Lipinski definition) is 1. The van der Waals surface area contributed by atoms with Crippen LogP contribution in [0.4, 0.5) is 0 Å². The van der Waals surface area contributed by atoms with Crippen LogP contribution in [0.5, 0.6) is 0 Å². The molecule has 1 aliphatic rings. The summed E-state index contributed by atoms with van der Waals surface area (Å²) in [6.45, 7) is 7.06. The van der Waals surface area contributed by atoms with Crippen molar-refractivity contribution in [3.05, 3.63) is 0 Å². The molecule has 1 unspecified atom stereocenters. The fourth-order valence-electron chi connectivity index (χ4n) is 2.96. The second-order valence-corrected chi connectivity index (χ2v) is 5.21. The molecule has 0 aromatic carbocycles. The van der Waals surface area contributed by atoms with Crippen LogP contribution in [0.1, 0.15) is 52.9 Å². The molecule has 0 spiro atoms. The third-order valence-corrected chi connectivity index (χ3v) is 3.77. The van der Waals surface area contributed by atoms with Gasteiger partial charge in [0.1, 0.15) is 6.29 Å². The summed E-state index contributed by atoms with van der Waals surface area (Å²) in [5, 5.41) is 0. The lowest BCUT2D eigenvalue weighted by molar-refractivity contribution is -0.108. The molecular weight excluding hydrogens is 160 g/mol. The summed E-state index contributed by atoms with van der Waals surface area (Å²) in [6, 6.07) is 0. The van der Waals surface area contributed by atoms with E-state index in [1.165, 1.54) is 19.3 Å². The Morgan fingerprint density at radius 2 is 2.15 bits per heavy atom. The van der Waals surface area contributed by atoms with Gasteiger partial charge in [-0.1, -0.05) is 33.6 Å². The first-order valence-corrected chi connectivity index (χ1v) is 5.51. The van der Waals surface area contributed by atoms with Crippen molar-refractivity contribution in [3.8, 4) is 0 Å². The first-order chi connectivity index (χ1) is 6.08. The fraction of sp³-hybridized carbons (Fsp3) is 0.917. The highest BCUT2D eigenvalue weighted by molar-refractivity contribution is 5.49. The van der Waals surface area contributed by atoms with E-state index in [1.807, 2.05) is 0 Å². The Labute approximate surface area is 81.9 Å². The first-order valence-electron chi connectivity index (χ1n) is 5.51. The molecule has 0 heterocycles. The molecule has 1 heteroatoms. The van der Waals surface area contributed by atoms with Gasteiger partial charge in [-0.15, -0.1) is 0 Å². The summed E-state index contributed by atoms with van der Waals surface area (Å²) in [4.78, 5) is 10.4. The second kappa shape index (κ2) is 4.26. The number of hydrogen-bond donors (Lipinski definition) is 0. The fourth-order valence-corrected chi connectivity index (χ4v) is 2.96. The van der Waals surface area contributed by atoms with Crippen molar-refractivity contribution in [1.82, 2.24) is 0 Å².